The quantitative estimate of drug-likeness (QED) is 0.815. The van der Waals surface area contributed by atoms with Crippen LogP contribution in [0.5, 0.6) is 0 Å². The molecule has 2 N–H and O–H groups in total. The highest BCUT2D eigenvalue weighted by atomic mass is 16.5. The monoisotopic (exact) mass is 301 g/mol. The van der Waals surface area contributed by atoms with Crippen molar-refractivity contribution in [1.29, 1.82) is 0 Å². The third-order valence-electron chi connectivity index (χ3n) is 4.88. The van der Waals surface area contributed by atoms with E-state index in [2.05, 4.69) is 10.2 Å². The third kappa shape index (κ3) is 2.00. The molecule has 0 bridgehead atoms. The van der Waals surface area contributed by atoms with Crippen LogP contribution >= 0.6 is 0 Å². The van der Waals surface area contributed by atoms with Gasteiger partial charge < -0.3 is 15.4 Å². The number of pyridine rings is 1. The lowest BCUT2D eigenvalue weighted by atomic mass is 9.84. The molecule has 2 atom stereocenters. The highest BCUT2D eigenvalue weighted by molar-refractivity contribution is 5.94. The largest absolute Gasteiger partial charge is 0.381 e. The van der Waals surface area contributed by atoms with Gasteiger partial charge in [-0.1, -0.05) is 0 Å². The molecule has 2 fully saturated rings. The summed E-state index contributed by atoms with van der Waals surface area (Å²) in [6, 6.07) is 3.62. The van der Waals surface area contributed by atoms with E-state index in [0.717, 1.165) is 17.9 Å². The number of amides is 1. The van der Waals surface area contributed by atoms with Crippen LogP contribution in [0.4, 0.5) is 0 Å². The summed E-state index contributed by atoms with van der Waals surface area (Å²) in [6.45, 7) is 4.45. The zero-order chi connectivity index (χ0) is 15.3. The van der Waals surface area contributed by atoms with Crippen molar-refractivity contribution in [3.05, 3.63) is 29.7 Å². The van der Waals surface area contributed by atoms with E-state index in [1.165, 1.54) is 0 Å². The second-order valence-corrected chi connectivity index (χ2v) is 6.33. The summed E-state index contributed by atoms with van der Waals surface area (Å²) in [6.07, 6.45) is 2.61. The molecule has 2 aliphatic heterocycles. The van der Waals surface area contributed by atoms with Crippen LogP contribution in [0.2, 0.25) is 0 Å². The molecule has 0 aliphatic carbocycles. The maximum absolute atomic E-state index is 12.8. The molecule has 4 heterocycles. The number of hydrogen-bond acceptors (Lipinski definition) is 5. The van der Waals surface area contributed by atoms with Crippen molar-refractivity contribution in [2.45, 2.75) is 18.9 Å². The van der Waals surface area contributed by atoms with Gasteiger partial charge in [0.2, 0.25) is 0 Å². The molecule has 2 aromatic heterocycles. The number of fused-ring (bicyclic) bond motifs is 2. The Morgan fingerprint density at radius 1 is 1.45 bits per heavy atom. The van der Waals surface area contributed by atoms with Crippen LogP contribution in [-0.2, 0) is 4.74 Å². The van der Waals surface area contributed by atoms with Crippen LogP contribution in [0, 0.1) is 12.8 Å². The van der Waals surface area contributed by atoms with Gasteiger partial charge in [-0.25, -0.2) is 0 Å². The third-order valence-corrected chi connectivity index (χ3v) is 4.88. The van der Waals surface area contributed by atoms with Crippen LogP contribution in [0.15, 0.2) is 18.3 Å². The van der Waals surface area contributed by atoms with Crippen LogP contribution < -0.4 is 5.73 Å². The van der Waals surface area contributed by atoms with E-state index in [1.807, 2.05) is 22.3 Å². The van der Waals surface area contributed by atoms with Crippen molar-refractivity contribution in [3.8, 4) is 0 Å². The molecule has 0 spiro atoms. The molecule has 7 heteroatoms. The van der Waals surface area contributed by atoms with E-state index < -0.39 is 0 Å². The van der Waals surface area contributed by atoms with Crippen LogP contribution in [-0.4, -0.2) is 57.2 Å². The molecule has 0 unspecified atom stereocenters. The molecule has 7 nitrogen and oxygen atoms in total. The SMILES string of the molecule is Cc1nnc2ccc(C(=O)N3C[C@@H]4COCC[C@]4(N)C3)cn12. The number of nitrogens with zero attached hydrogens (tertiary/aromatic N) is 4. The first kappa shape index (κ1) is 13.7. The summed E-state index contributed by atoms with van der Waals surface area (Å²) in [5, 5.41) is 8.05. The topological polar surface area (TPSA) is 85.8 Å². The lowest BCUT2D eigenvalue weighted by Gasteiger charge is -2.34. The maximum atomic E-state index is 12.8. The molecule has 116 valence electrons. The number of likely N-dealkylation sites (tertiary alicyclic amines) is 1. The van der Waals surface area contributed by atoms with Gasteiger partial charge in [0.15, 0.2) is 5.65 Å². The molecule has 2 saturated heterocycles. The van der Waals surface area contributed by atoms with Gasteiger partial charge in [-0.15, -0.1) is 10.2 Å². The van der Waals surface area contributed by atoms with E-state index in [4.69, 9.17) is 10.5 Å². The van der Waals surface area contributed by atoms with E-state index in [0.29, 0.717) is 31.9 Å². The Kier molecular flexibility index (Phi) is 2.95. The number of rotatable bonds is 1. The van der Waals surface area contributed by atoms with Gasteiger partial charge in [0.25, 0.3) is 5.91 Å². The minimum atomic E-state index is -0.301. The number of hydrogen-bond donors (Lipinski definition) is 1. The lowest BCUT2D eigenvalue weighted by molar-refractivity contribution is 0.0241. The van der Waals surface area contributed by atoms with Gasteiger partial charge in [0.05, 0.1) is 12.2 Å². The number of aryl methyl sites for hydroxylation is 1. The Hall–Kier alpha value is -1.99. The van der Waals surface area contributed by atoms with Crippen LogP contribution in [0.3, 0.4) is 0 Å². The van der Waals surface area contributed by atoms with Crippen molar-refractivity contribution in [2.75, 3.05) is 26.3 Å². The molecule has 0 saturated carbocycles. The first-order chi connectivity index (χ1) is 10.6. The van der Waals surface area contributed by atoms with E-state index in [1.54, 1.807) is 12.3 Å². The Bertz CT molecular complexity index is 743. The zero-order valence-corrected chi connectivity index (χ0v) is 12.5. The molecule has 2 aliphatic rings. The molecule has 0 aromatic carbocycles. The first-order valence-electron chi connectivity index (χ1n) is 7.54. The Balaban J connectivity index is 1.62. The maximum Gasteiger partial charge on any atom is 0.255 e. The van der Waals surface area contributed by atoms with Gasteiger partial charge in [0.1, 0.15) is 5.82 Å². The van der Waals surface area contributed by atoms with Crippen molar-refractivity contribution in [1.82, 2.24) is 19.5 Å². The zero-order valence-electron chi connectivity index (χ0n) is 12.5. The molecule has 1 amide bonds. The predicted octanol–water partition coefficient (Wildman–Crippen LogP) is 0.228. The van der Waals surface area contributed by atoms with Gasteiger partial charge in [-0.2, -0.15) is 0 Å². The Morgan fingerprint density at radius 2 is 2.32 bits per heavy atom. The Labute approximate surface area is 128 Å². The fraction of sp³-hybridized carbons (Fsp3) is 0.533. The average molecular weight is 301 g/mol. The lowest BCUT2D eigenvalue weighted by Crippen LogP contribution is -2.52. The molecule has 2 aromatic rings. The average Bonchev–Trinajstić information content (AvgIpc) is 3.06. The van der Waals surface area contributed by atoms with E-state index in [-0.39, 0.29) is 17.4 Å². The number of carbonyl (C=O) groups excluding carboxylic acids is 1. The van der Waals surface area contributed by atoms with E-state index in [9.17, 15) is 4.79 Å². The molecular weight excluding hydrogens is 282 g/mol. The summed E-state index contributed by atoms with van der Waals surface area (Å²) >= 11 is 0. The molecule has 0 radical (unpaired) electrons. The first-order valence-corrected chi connectivity index (χ1v) is 7.54. The van der Waals surface area contributed by atoms with Gasteiger partial charge >= 0.3 is 0 Å². The number of carbonyl (C=O) groups is 1. The minimum Gasteiger partial charge on any atom is -0.381 e. The highest BCUT2D eigenvalue weighted by Crippen LogP contribution is 2.32. The number of nitrogens with two attached hydrogens (primary N) is 1. The minimum absolute atomic E-state index is 0.00854. The number of aromatic nitrogens is 3. The van der Waals surface area contributed by atoms with Crippen LogP contribution in [0.25, 0.3) is 5.65 Å². The number of ether oxygens (including phenoxy) is 1. The fourth-order valence-electron chi connectivity index (χ4n) is 3.46. The normalized spacial score (nSPS) is 28.1. The smallest absolute Gasteiger partial charge is 0.255 e. The second-order valence-electron chi connectivity index (χ2n) is 6.33. The van der Waals surface area contributed by atoms with Crippen molar-refractivity contribution in [3.63, 3.8) is 0 Å². The van der Waals surface area contributed by atoms with Crippen molar-refractivity contribution < 1.29 is 9.53 Å². The predicted molar refractivity (Wildman–Crippen MR) is 79.5 cm³/mol. The summed E-state index contributed by atoms with van der Waals surface area (Å²) in [5.41, 5.74) is 7.55. The van der Waals surface area contributed by atoms with E-state index >= 15 is 0 Å². The fourth-order valence-corrected chi connectivity index (χ4v) is 3.46. The van der Waals surface area contributed by atoms with Gasteiger partial charge in [-0.3, -0.25) is 9.20 Å². The van der Waals surface area contributed by atoms with Crippen molar-refractivity contribution in [2.24, 2.45) is 11.7 Å². The van der Waals surface area contributed by atoms with Crippen molar-refractivity contribution >= 4 is 11.6 Å². The summed E-state index contributed by atoms with van der Waals surface area (Å²) in [5.74, 6) is 1.00. The second kappa shape index (κ2) is 4.76. The standard InChI is InChI=1S/C15H19N5O2/c1-10-17-18-13-3-2-11(6-20(10)13)14(21)19-7-12-8-22-5-4-15(12,16)9-19/h2-3,6,12H,4-5,7-9,16H2,1H3/t12-,15+/m1/s1. The Morgan fingerprint density at radius 3 is 3.14 bits per heavy atom. The summed E-state index contributed by atoms with van der Waals surface area (Å²) < 4.78 is 7.34. The van der Waals surface area contributed by atoms with Gasteiger partial charge in [0, 0.05) is 37.4 Å². The van der Waals surface area contributed by atoms with Crippen LogP contribution in [0.1, 0.15) is 22.6 Å². The summed E-state index contributed by atoms with van der Waals surface area (Å²) in [4.78, 5) is 14.6. The van der Waals surface area contributed by atoms with Gasteiger partial charge in [-0.05, 0) is 25.5 Å². The highest BCUT2D eigenvalue weighted by Gasteiger charge is 2.47. The molecule has 4 rings (SSSR count). The molecular formula is C15H19N5O2. The summed E-state index contributed by atoms with van der Waals surface area (Å²) in [7, 11) is 0. The molecule has 22 heavy (non-hydrogen) atoms.